The molecule has 0 amide bonds. The van der Waals surface area contributed by atoms with E-state index in [4.69, 9.17) is 5.11 Å². The molecule has 0 bridgehead atoms. The van der Waals surface area contributed by atoms with Gasteiger partial charge in [0.25, 0.3) is 0 Å². The van der Waals surface area contributed by atoms with E-state index in [1.165, 1.54) is 0 Å². The zero-order valence-corrected chi connectivity index (χ0v) is 7.92. The van der Waals surface area contributed by atoms with Crippen LogP contribution < -0.4 is 0 Å². The average molecular weight is 196 g/mol. The number of carbonyl (C=O) groups is 1. The maximum Gasteiger partial charge on any atom is 0.305 e. The monoisotopic (exact) mass is 196 g/mol. The third-order valence-corrected chi connectivity index (χ3v) is 2.35. The maximum atomic E-state index is 10.5. The van der Waals surface area contributed by atoms with Gasteiger partial charge in [0, 0.05) is 5.92 Å². The molecule has 0 aliphatic heterocycles. The highest BCUT2D eigenvalue weighted by Crippen LogP contribution is 2.39. The minimum atomic E-state index is -0.824. The van der Waals surface area contributed by atoms with Crippen molar-refractivity contribution < 1.29 is 9.90 Å². The molecule has 1 N–H and O–H groups in total. The van der Waals surface area contributed by atoms with E-state index in [1.54, 1.807) is 4.68 Å². The molecule has 1 aromatic heterocycles. The molecule has 14 heavy (non-hydrogen) atoms. The largest absolute Gasteiger partial charge is 0.481 e. The molecule has 0 aromatic carbocycles. The topological polar surface area (TPSA) is 80.9 Å². The summed E-state index contributed by atoms with van der Waals surface area (Å²) < 4.78 is 1.63. The molecule has 0 radical (unpaired) electrons. The molecule has 76 valence electrons. The second-order valence-electron chi connectivity index (χ2n) is 3.70. The summed E-state index contributed by atoms with van der Waals surface area (Å²) >= 11 is 0. The Morgan fingerprint density at radius 1 is 1.71 bits per heavy atom. The predicted molar refractivity (Wildman–Crippen MR) is 46.8 cm³/mol. The molecule has 6 nitrogen and oxygen atoms in total. The van der Waals surface area contributed by atoms with Crippen LogP contribution in [0.5, 0.6) is 0 Å². The summed E-state index contributed by atoms with van der Waals surface area (Å²) in [6, 6.07) is -0.168. The Bertz CT molecular complexity index is 345. The van der Waals surface area contributed by atoms with Gasteiger partial charge in [-0.3, -0.25) is 4.79 Å². The first-order valence-corrected chi connectivity index (χ1v) is 4.68. The minimum Gasteiger partial charge on any atom is -0.481 e. The number of tetrazole rings is 1. The van der Waals surface area contributed by atoms with Crippen molar-refractivity contribution in [1.82, 2.24) is 20.2 Å². The normalized spacial score (nSPS) is 18.1. The summed E-state index contributed by atoms with van der Waals surface area (Å²) in [5, 5.41) is 20.0. The molecular weight excluding hydrogens is 184 g/mol. The SMILES string of the molecule is CC(CC(=O)O)n1nnnc1C1CC1. The molecule has 1 heterocycles. The molecule has 1 aliphatic rings. The summed E-state index contributed by atoms with van der Waals surface area (Å²) in [6.45, 7) is 1.82. The Kier molecular flexibility index (Phi) is 2.18. The van der Waals surface area contributed by atoms with Crippen molar-refractivity contribution in [3.63, 3.8) is 0 Å². The highest BCUT2D eigenvalue weighted by Gasteiger charge is 2.31. The second kappa shape index (κ2) is 3.36. The minimum absolute atomic E-state index is 0.0603. The van der Waals surface area contributed by atoms with Gasteiger partial charge in [0.15, 0.2) is 5.82 Å². The van der Waals surface area contributed by atoms with Gasteiger partial charge in [0.05, 0.1) is 12.5 Å². The van der Waals surface area contributed by atoms with Crippen molar-refractivity contribution in [3.8, 4) is 0 Å². The molecule has 2 rings (SSSR count). The lowest BCUT2D eigenvalue weighted by atomic mass is 10.2. The first-order chi connectivity index (χ1) is 6.68. The fourth-order valence-electron chi connectivity index (χ4n) is 1.46. The Labute approximate surface area is 80.9 Å². The number of carboxylic acids is 1. The van der Waals surface area contributed by atoms with Crippen LogP contribution in [-0.4, -0.2) is 31.3 Å². The predicted octanol–water partition coefficient (Wildman–Crippen LogP) is 0.586. The van der Waals surface area contributed by atoms with E-state index in [1.807, 2.05) is 6.92 Å². The van der Waals surface area contributed by atoms with Crippen LogP contribution in [0.3, 0.4) is 0 Å². The zero-order chi connectivity index (χ0) is 10.1. The van der Waals surface area contributed by atoms with Gasteiger partial charge in [-0.2, -0.15) is 0 Å². The number of nitrogens with zero attached hydrogens (tertiary/aromatic N) is 4. The van der Waals surface area contributed by atoms with E-state index in [0.717, 1.165) is 18.7 Å². The van der Waals surface area contributed by atoms with E-state index < -0.39 is 5.97 Å². The number of aliphatic carboxylic acids is 1. The van der Waals surface area contributed by atoms with E-state index in [9.17, 15) is 4.79 Å². The number of carboxylic acid groups (broad SMARTS) is 1. The van der Waals surface area contributed by atoms with Crippen molar-refractivity contribution in [2.45, 2.75) is 38.1 Å². The van der Waals surface area contributed by atoms with Crippen molar-refractivity contribution >= 4 is 5.97 Å². The van der Waals surface area contributed by atoms with Gasteiger partial charge in [0.1, 0.15) is 0 Å². The third-order valence-electron chi connectivity index (χ3n) is 2.35. The summed E-state index contributed by atoms with van der Waals surface area (Å²) in [5.41, 5.74) is 0. The van der Waals surface area contributed by atoms with Gasteiger partial charge in [0.2, 0.25) is 0 Å². The van der Waals surface area contributed by atoms with Crippen molar-refractivity contribution in [1.29, 1.82) is 0 Å². The molecule has 1 unspecified atom stereocenters. The quantitative estimate of drug-likeness (QED) is 0.762. The van der Waals surface area contributed by atoms with Crippen LogP contribution in [0, 0.1) is 0 Å². The standard InChI is InChI=1S/C8H12N4O2/c1-5(4-7(13)14)12-8(6-2-3-6)9-10-11-12/h5-6H,2-4H2,1H3,(H,13,14). The lowest BCUT2D eigenvalue weighted by Gasteiger charge is -2.09. The fraction of sp³-hybridized carbons (Fsp3) is 0.750. The van der Waals surface area contributed by atoms with Crippen LogP contribution in [0.15, 0.2) is 0 Å². The molecule has 1 saturated carbocycles. The van der Waals surface area contributed by atoms with Crippen LogP contribution >= 0.6 is 0 Å². The number of rotatable bonds is 4. The van der Waals surface area contributed by atoms with Crippen LogP contribution in [0.1, 0.15) is 44.0 Å². The van der Waals surface area contributed by atoms with Crippen LogP contribution in [0.4, 0.5) is 0 Å². The molecule has 1 aliphatic carbocycles. The molecule has 0 spiro atoms. The Morgan fingerprint density at radius 2 is 2.43 bits per heavy atom. The Morgan fingerprint density at radius 3 is 3.00 bits per heavy atom. The summed E-state index contributed by atoms with van der Waals surface area (Å²) in [5.74, 6) is 0.453. The highest BCUT2D eigenvalue weighted by atomic mass is 16.4. The van der Waals surface area contributed by atoms with Crippen LogP contribution in [0.2, 0.25) is 0 Å². The molecule has 1 fully saturated rings. The van der Waals surface area contributed by atoms with E-state index in [0.29, 0.717) is 5.92 Å². The highest BCUT2D eigenvalue weighted by molar-refractivity contribution is 5.67. The lowest BCUT2D eigenvalue weighted by Crippen LogP contribution is -2.14. The smallest absolute Gasteiger partial charge is 0.305 e. The maximum absolute atomic E-state index is 10.5. The molecular formula is C8H12N4O2. The van der Waals surface area contributed by atoms with Gasteiger partial charge in [-0.05, 0) is 30.2 Å². The number of aromatic nitrogens is 4. The van der Waals surface area contributed by atoms with Gasteiger partial charge in [-0.25, -0.2) is 4.68 Å². The van der Waals surface area contributed by atoms with Crippen molar-refractivity contribution in [2.75, 3.05) is 0 Å². The Hall–Kier alpha value is -1.46. The molecule has 0 saturated heterocycles. The zero-order valence-electron chi connectivity index (χ0n) is 7.92. The molecule has 1 aromatic rings. The molecule has 1 atom stereocenters. The summed E-state index contributed by atoms with van der Waals surface area (Å²) in [4.78, 5) is 10.5. The van der Waals surface area contributed by atoms with Crippen LogP contribution in [-0.2, 0) is 4.79 Å². The van der Waals surface area contributed by atoms with Gasteiger partial charge in [-0.15, -0.1) is 5.10 Å². The van der Waals surface area contributed by atoms with Gasteiger partial charge >= 0.3 is 5.97 Å². The summed E-state index contributed by atoms with van der Waals surface area (Å²) in [6.07, 6.45) is 2.28. The molecule has 6 heteroatoms. The van der Waals surface area contributed by atoms with Crippen LogP contribution in [0.25, 0.3) is 0 Å². The van der Waals surface area contributed by atoms with Crippen molar-refractivity contribution in [2.24, 2.45) is 0 Å². The lowest BCUT2D eigenvalue weighted by molar-refractivity contribution is -0.137. The fourth-order valence-corrected chi connectivity index (χ4v) is 1.46. The number of hydrogen-bond acceptors (Lipinski definition) is 4. The Balaban J connectivity index is 2.13. The average Bonchev–Trinajstić information content (AvgIpc) is 2.82. The van der Waals surface area contributed by atoms with Gasteiger partial charge in [-0.1, -0.05) is 0 Å². The van der Waals surface area contributed by atoms with E-state index in [-0.39, 0.29) is 12.5 Å². The number of hydrogen-bond donors (Lipinski definition) is 1. The van der Waals surface area contributed by atoms with E-state index >= 15 is 0 Å². The van der Waals surface area contributed by atoms with Gasteiger partial charge < -0.3 is 5.11 Å². The first kappa shape index (κ1) is 9.11. The van der Waals surface area contributed by atoms with Crippen molar-refractivity contribution in [3.05, 3.63) is 5.82 Å². The summed E-state index contributed by atoms with van der Waals surface area (Å²) in [7, 11) is 0. The first-order valence-electron chi connectivity index (χ1n) is 4.68. The second-order valence-corrected chi connectivity index (χ2v) is 3.70. The van der Waals surface area contributed by atoms with E-state index in [2.05, 4.69) is 15.5 Å². The third kappa shape index (κ3) is 1.73.